The summed E-state index contributed by atoms with van der Waals surface area (Å²) in [5.41, 5.74) is -0.0185. The van der Waals surface area contributed by atoms with Crippen molar-refractivity contribution in [2.24, 2.45) is 5.92 Å². The van der Waals surface area contributed by atoms with Gasteiger partial charge in [-0.1, -0.05) is 0 Å². The van der Waals surface area contributed by atoms with E-state index in [-0.39, 0.29) is 11.6 Å². The van der Waals surface area contributed by atoms with Gasteiger partial charge < -0.3 is 9.80 Å². The van der Waals surface area contributed by atoms with Gasteiger partial charge in [-0.25, -0.2) is 4.79 Å². The molecule has 2 rings (SSSR count). The quantitative estimate of drug-likeness (QED) is 0.662. The molecule has 80 valence electrons. The van der Waals surface area contributed by atoms with E-state index in [1.165, 1.54) is 12.8 Å². The molecule has 0 bridgehead atoms. The number of carbonyl (C=O) groups is 1. The van der Waals surface area contributed by atoms with Crippen LogP contribution in [0.1, 0.15) is 33.6 Å². The Bertz CT molecular complexity index is 240. The molecule has 0 N–H and O–H groups in total. The first kappa shape index (κ1) is 9.81. The molecule has 1 saturated heterocycles. The van der Waals surface area contributed by atoms with E-state index in [2.05, 4.69) is 20.8 Å². The van der Waals surface area contributed by atoms with Crippen LogP contribution in [0.4, 0.5) is 4.79 Å². The third-order valence-corrected chi connectivity index (χ3v) is 3.08. The predicted molar refractivity (Wildman–Crippen MR) is 56.2 cm³/mol. The standard InChI is InChI=1S/C11H20N2O/c1-11(2,3)13-7-6-12(10(13)14)8-9-4-5-9/h9H,4-8H2,1-3H3. The minimum Gasteiger partial charge on any atom is -0.323 e. The summed E-state index contributed by atoms with van der Waals surface area (Å²) in [7, 11) is 0. The zero-order valence-corrected chi connectivity index (χ0v) is 9.42. The van der Waals surface area contributed by atoms with Crippen LogP contribution in [0.2, 0.25) is 0 Å². The largest absolute Gasteiger partial charge is 0.323 e. The van der Waals surface area contributed by atoms with Gasteiger partial charge in [0.1, 0.15) is 0 Å². The van der Waals surface area contributed by atoms with Crippen LogP contribution in [0.5, 0.6) is 0 Å². The van der Waals surface area contributed by atoms with E-state index < -0.39 is 0 Å². The number of rotatable bonds is 2. The highest BCUT2D eigenvalue weighted by molar-refractivity contribution is 5.77. The molecule has 1 aliphatic heterocycles. The van der Waals surface area contributed by atoms with Gasteiger partial charge in [0.15, 0.2) is 0 Å². The summed E-state index contributed by atoms with van der Waals surface area (Å²) in [5, 5.41) is 0. The number of carbonyl (C=O) groups excluding carboxylic acids is 1. The second-order valence-corrected chi connectivity index (χ2v) is 5.49. The second kappa shape index (κ2) is 3.14. The van der Waals surface area contributed by atoms with Crippen molar-refractivity contribution in [1.82, 2.24) is 9.80 Å². The van der Waals surface area contributed by atoms with Crippen molar-refractivity contribution in [3.8, 4) is 0 Å². The van der Waals surface area contributed by atoms with Crippen LogP contribution < -0.4 is 0 Å². The highest BCUT2D eigenvalue weighted by atomic mass is 16.2. The monoisotopic (exact) mass is 196 g/mol. The molecule has 0 unspecified atom stereocenters. The number of amides is 2. The zero-order chi connectivity index (χ0) is 10.3. The Kier molecular flexibility index (Phi) is 2.20. The van der Waals surface area contributed by atoms with Gasteiger partial charge >= 0.3 is 6.03 Å². The molecular formula is C11H20N2O. The van der Waals surface area contributed by atoms with E-state index in [0.29, 0.717) is 0 Å². The summed E-state index contributed by atoms with van der Waals surface area (Å²) in [4.78, 5) is 16.0. The molecule has 0 radical (unpaired) electrons. The van der Waals surface area contributed by atoms with Crippen LogP contribution in [-0.4, -0.2) is 41.0 Å². The molecule has 2 fully saturated rings. The van der Waals surface area contributed by atoms with E-state index in [4.69, 9.17) is 0 Å². The normalized spacial score (nSPS) is 23.5. The third kappa shape index (κ3) is 1.86. The fourth-order valence-electron chi connectivity index (χ4n) is 1.99. The Labute approximate surface area is 86.1 Å². The first-order chi connectivity index (χ1) is 6.48. The van der Waals surface area contributed by atoms with Crippen molar-refractivity contribution in [2.45, 2.75) is 39.2 Å². The van der Waals surface area contributed by atoms with Crippen molar-refractivity contribution < 1.29 is 4.79 Å². The van der Waals surface area contributed by atoms with Gasteiger partial charge in [-0.15, -0.1) is 0 Å². The molecule has 0 atom stereocenters. The highest BCUT2D eigenvalue weighted by Crippen LogP contribution is 2.31. The van der Waals surface area contributed by atoms with E-state index in [0.717, 1.165) is 25.6 Å². The molecule has 2 aliphatic rings. The molecule has 3 heteroatoms. The van der Waals surface area contributed by atoms with Gasteiger partial charge in [0.2, 0.25) is 0 Å². The minimum atomic E-state index is -0.0185. The summed E-state index contributed by atoms with van der Waals surface area (Å²) in [6.45, 7) is 9.12. The fourth-order valence-corrected chi connectivity index (χ4v) is 1.99. The topological polar surface area (TPSA) is 23.6 Å². The lowest BCUT2D eigenvalue weighted by Crippen LogP contribution is -2.44. The summed E-state index contributed by atoms with van der Waals surface area (Å²) < 4.78 is 0. The molecule has 2 amide bonds. The van der Waals surface area contributed by atoms with Gasteiger partial charge in [0, 0.05) is 25.2 Å². The van der Waals surface area contributed by atoms with E-state index >= 15 is 0 Å². The Morgan fingerprint density at radius 1 is 1.29 bits per heavy atom. The van der Waals surface area contributed by atoms with Crippen LogP contribution in [0.25, 0.3) is 0 Å². The molecule has 1 aliphatic carbocycles. The van der Waals surface area contributed by atoms with Gasteiger partial charge in [0.25, 0.3) is 0 Å². The summed E-state index contributed by atoms with van der Waals surface area (Å²) in [5.74, 6) is 0.805. The van der Waals surface area contributed by atoms with Crippen molar-refractivity contribution in [2.75, 3.05) is 19.6 Å². The molecule has 0 aromatic carbocycles. The number of nitrogens with zero attached hydrogens (tertiary/aromatic N) is 2. The molecule has 0 aromatic heterocycles. The molecule has 3 nitrogen and oxygen atoms in total. The van der Waals surface area contributed by atoms with Crippen molar-refractivity contribution in [3.63, 3.8) is 0 Å². The van der Waals surface area contributed by atoms with Gasteiger partial charge in [-0.3, -0.25) is 0 Å². The average Bonchev–Trinajstić information content (AvgIpc) is 2.76. The van der Waals surface area contributed by atoms with Crippen molar-refractivity contribution in [1.29, 1.82) is 0 Å². The first-order valence-corrected chi connectivity index (χ1v) is 5.55. The van der Waals surface area contributed by atoms with Gasteiger partial charge in [-0.05, 0) is 39.5 Å². The molecule has 14 heavy (non-hydrogen) atoms. The minimum absolute atomic E-state index is 0.0185. The number of hydrogen-bond donors (Lipinski definition) is 0. The van der Waals surface area contributed by atoms with Gasteiger partial charge in [-0.2, -0.15) is 0 Å². The lowest BCUT2D eigenvalue weighted by Gasteiger charge is -2.31. The smallest absolute Gasteiger partial charge is 0.320 e. The van der Waals surface area contributed by atoms with Crippen molar-refractivity contribution in [3.05, 3.63) is 0 Å². The maximum Gasteiger partial charge on any atom is 0.320 e. The Morgan fingerprint density at radius 3 is 2.36 bits per heavy atom. The van der Waals surface area contributed by atoms with Gasteiger partial charge in [0.05, 0.1) is 0 Å². The lowest BCUT2D eigenvalue weighted by molar-refractivity contribution is 0.155. The fraction of sp³-hybridized carbons (Fsp3) is 0.909. The van der Waals surface area contributed by atoms with Crippen LogP contribution in [0.3, 0.4) is 0 Å². The molecular weight excluding hydrogens is 176 g/mol. The molecule has 0 spiro atoms. The zero-order valence-electron chi connectivity index (χ0n) is 9.42. The molecule has 1 heterocycles. The molecule has 0 aromatic rings. The molecule has 1 saturated carbocycles. The maximum absolute atomic E-state index is 12.0. The first-order valence-electron chi connectivity index (χ1n) is 5.55. The van der Waals surface area contributed by atoms with E-state index in [1.807, 2.05) is 9.80 Å². The van der Waals surface area contributed by atoms with Crippen LogP contribution in [-0.2, 0) is 0 Å². The predicted octanol–water partition coefficient (Wildman–Crippen LogP) is 1.93. The summed E-state index contributed by atoms with van der Waals surface area (Å²) >= 11 is 0. The van der Waals surface area contributed by atoms with Crippen LogP contribution in [0.15, 0.2) is 0 Å². The number of hydrogen-bond acceptors (Lipinski definition) is 1. The van der Waals surface area contributed by atoms with E-state index in [1.54, 1.807) is 0 Å². The Balaban J connectivity index is 1.95. The summed E-state index contributed by atoms with van der Waals surface area (Å²) in [6.07, 6.45) is 2.64. The van der Waals surface area contributed by atoms with Crippen LogP contribution in [0, 0.1) is 5.92 Å². The highest BCUT2D eigenvalue weighted by Gasteiger charge is 2.37. The maximum atomic E-state index is 12.0. The number of urea groups is 1. The van der Waals surface area contributed by atoms with Crippen molar-refractivity contribution >= 4 is 6.03 Å². The average molecular weight is 196 g/mol. The third-order valence-electron chi connectivity index (χ3n) is 3.08. The van der Waals surface area contributed by atoms with Crippen LogP contribution >= 0.6 is 0 Å². The SMILES string of the molecule is CC(C)(C)N1CCN(CC2CC2)C1=O. The Hall–Kier alpha value is -0.730. The van der Waals surface area contributed by atoms with E-state index in [9.17, 15) is 4.79 Å². The lowest BCUT2D eigenvalue weighted by atomic mass is 10.1. The summed E-state index contributed by atoms with van der Waals surface area (Å²) in [6, 6.07) is 0.240. The second-order valence-electron chi connectivity index (χ2n) is 5.49. The Morgan fingerprint density at radius 2 is 1.93 bits per heavy atom.